The molecule has 34 heavy (non-hydrogen) atoms. The van der Waals surface area contributed by atoms with Crippen molar-refractivity contribution in [3.8, 4) is 0 Å². The minimum atomic E-state index is -1.12. The molecule has 0 fully saturated rings. The highest BCUT2D eigenvalue weighted by molar-refractivity contribution is 6.00. The number of carbonyl (C=O) groups excluding carboxylic acids is 2. The van der Waals surface area contributed by atoms with Gasteiger partial charge in [0.25, 0.3) is 0 Å². The van der Waals surface area contributed by atoms with E-state index in [4.69, 9.17) is 0 Å². The molecule has 0 unspecified atom stereocenters. The molecule has 3 aromatic carbocycles. The molecule has 0 radical (unpaired) electrons. The molecule has 0 spiro atoms. The Hall–Kier alpha value is -3.94. The topological polar surface area (TPSA) is 108 Å². The van der Waals surface area contributed by atoms with E-state index < -0.39 is 17.8 Å². The number of carboxylic acids is 1. The third-order valence-corrected chi connectivity index (χ3v) is 5.40. The molecule has 8 heteroatoms. The van der Waals surface area contributed by atoms with Crippen molar-refractivity contribution >= 4 is 40.1 Å². The molecule has 0 saturated carbocycles. The van der Waals surface area contributed by atoms with Crippen LogP contribution in [-0.4, -0.2) is 29.6 Å². The molecule has 0 saturated heterocycles. The van der Waals surface area contributed by atoms with E-state index in [9.17, 15) is 23.9 Å². The van der Waals surface area contributed by atoms with Gasteiger partial charge in [-0.05, 0) is 42.0 Å². The van der Waals surface area contributed by atoms with Crippen molar-refractivity contribution in [1.29, 1.82) is 0 Å². The second kappa shape index (κ2) is 11.8. The van der Waals surface area contributed by atoms with Crippen molar-refractivity contribution in [3.05, 3.63) is 71.5 Å². The van der Waals surface area contributed by atoms with E-state index in [1.807, 2.05) is 0 Å². The van der Waals surface area contributed by atoms with Crippen LogP contribution < -0.4 is 16.0 Å². The lowest BCUT2D eigenvalue weighted by atomic mass is 10.0. The number of urea groups is 1. The zero-order valence-corrected chi connectivity index (χ0v) is 19.0. The highest BCUT2D eigenvalue weighted by Gasteiger charge is 2.13. The number of carbonyl (C=O) groups is 3. The zero-order valence-electron chi connectivity index (χ0n) is 19.0. The van der Waals surface area contributed by atoms with E-state index in [0.717, 1.165) is 24.8 Å². The molecule has 0 aliphatic heterocycles. The number of amides is 3. The fourth-order valence-electron chi connectivity index (χ4n) is 3.59. The summed E-state index contributed by atoms with van der Waals surface area (Å²) in [6.07, 6.45) is 3.48. The Balaban J connectivity index is 1.61. The van der Waals surface area contributed by atoms with Gasteiger partial charge in [0, 0.05) is 18.4 Å². The number of benzene rings is 3. The van der Waals surface area contributed by atoms with Gasteiger partial charge in [-0.2, -0.15) is 0 Å². The van der Waals surface area contributed by atoms with E-state index in [2.05, 4.69) is 22.9 Å². The molecule has 3 rings (SSSR count). The first-order valence-electron chi connectivity index (χ1n) is 11.3. The Labute approximate surface area is 197 Å². The number of anilines is 2. The fourth-order valence-corrected chi connectivity index (χ4v) is 3.59. The van der Waals surface area contributed by atoms with Crippen LogP contribution in [0.2, 0.25) is 0 Å². The highest BCUT2D eigenvalue weighted by atomic mass is 19.1. The maximum atomic E-state index is 14.9. The number of hydrogen-bond donors (Lipinski definition) is 4. The van der Waals surface area contributed by atoms with Crippen molar-refractivity contribution < 1.29 is 23.9 Å². The molecular formula is C26H28FN3O4. The number of rotatable bonds is 10. The Morgan fingerprint density at radius 1 is 0.941 bits per heavy atom. The molecule has 0 heterocycles. The number of fused-ring (bicyclic) bond motifs is 1. The standard InChI is InChI=1S/C26H28FN3O4/c1-2-3-6-15-28-26(34)30-22-13-11-18-16-17(9-12-19(18)24(22)27)10-14-23(31)29-21-8-5-4-7-20(21)25(32)33/h4-5,7-9,11-13,16H,2-3,6,10,14-15H2,1H3,(H,29,31)(H,32,33)(H2,28,30,34). The summed E-state index contributed by atoms with van der Waals surface area (Å²) in [5.41, 5.74) is 1.21. The van der Waals surface area contributed by atoms with Crippen LogP contribution in [0.4, 0.5) is 20.6 Å². The number of aryl methyl sites for hydroxylation is 1. The fraction of sp³-hybridized carbons (Fsp3) is 0.269. The first-order valence-corrected chi connectivity index (χ1v) is 11.3. The van der Waals surface area contributed by atoms with Crippen LogP contribution in [0.3, 0.4) is 0 Å². The predicted octanol–water partition coefficient (Wildman–Crippen LogP) is 5.56. The van der Waals surface area contributed by atoms with Gasteiger partial charge in [0.1, 0.15) is 0 Å². The summed E-state index contributed by atoms with van der Waals surface area (Å²) in [5, 5.41) is 18.1. The Morgan fingerprint density at radius 2 is 1.74 bits per heavy atom. The molecular weight excluding hydrogens is 437 g/mol. The Kier molecular flexibility index (Phi) is 8.56. The molecule has 0 bridgehead atoms. The number of nitrogens with one attached hydrogen (secondary N) is 3. The summed E-state index contributed by atoms with van der Waals surface area (Å²) in [5.74, 6) is -1.95. The molecule has 4 N–H and O–H groups in total. The van der Waals surface area contributed by atoms with E-state index >= 15 is 0 Å². The SMILES string of the molecule is CCCCCNC(=O)Nc1ccc2cc(CCC(=O)Nc3ccccc3C(=O)O)ccc2c1F. The van der Waals surface area contributed by atoms with Crippen LogP contribution in [-0.2, 0) is 11.2 Å². The average molecular weight is 466 g/mol. The van der Waals surface area contributed by atoms with Crippen LogP contribution in [0.15, 0.2) is 54.6 Å². The Morgan fingerprint density at radius 3 is 2.50 bits per heavy atom. The summed E-state index contributed by atoms with van der Waals surface area (Å²) in [6.45, 7) is 2.61. The van der Waals surface area contributed by atoms with Gasteiger partial charge in [0.15, 0.2) is 5.82 Å². The number of para-hydroxylation sites is 1. The van der Waals surface area contributed by atoms with Crippen LogP contribution in [0.25, 0.3) is 10.8 Å². The molecule has 3 aromatic rings. The third kappa shape index (κ3) is 6.54. The quantitative estimate of drug-likeness (QED) is 0.294. The lowest BCUT2D eigenvalue weighted by molar-refractivity contribution is -0.116. The second-order valence-corrected chi connectivity index (χ2v) is 7.97. The van der Waals surface area contributed by atoms with Gasteiger partial charge in [-0.3, -0.25) is 4.79 Å². The lowest BCUT2D eigenvalue weighted by Gasteiger charge is -2.11. The van der Waals surface area contributed by atoms with Gasteiger partial charge in [-0.1, -0.05) is 56.2 Å². The monoisotopic (exact) mass is 465 g/mol. The first-order chi connectivity index (χ1) is 16.4. The number of halogens is 1. The van der Waals surface area contributed by atoms with Gasteiger partial charge in [0.05, 0.1) is 16.9 Å². The minimum absolute atomic E-state index is 0.0242. The van der Waals surface area contributed by atoms with Gasteiger partial charge >= 0.3 is 12.0 Å². The average Bonchev–Trinajstić information content (AvgIpc) is 2.82. The minimum Gasteiger partial charge on any atom is -0.478 e. The van der Waals surface area contributed by atoms with E-state index in [1.54, 1.807) is 36.4 Å². The summed E-state index contributed by atoms with van der Waals surface area (Å²) in [4.78, 5) is 35.6. The summed E-state index contributed by atoms with van der Waals surface area (Å²) >= 11 is 0. The number of carboxylic acid groups (broad SMARTS) is 1. The zero-order chi connectivity index (χ0) is 24.5. The number of unbranched alkanes of at least 4 members (excludes halogenated alkanes) is 2. The Bertz CT molecular complexity index is 1200. The summed E-state index contributed by atoms with van der Waals surface area (Å²) < 4.78 is 14.9. The van der Waals surface area contributed by atoms with Crippen LogP contribution in [0.5, 0.6) is 0 Å². The van der Waals surface area contributed by atoms with Gasteiger partial charge in [-0.15, -0.1) is 0 Å². The van der Waals surface area contributed by atoms with Crippen molar-refractivity contribution in [2.24, 2.45) is 0 Å². The maximum absolute atomic E-state index is 14.9. The largest absolute Gasteiger partial charge is 0.478 e. The second-order valence-electron chi connectivity index (χ2n) is 7.97. The number of aromatic carboxylic acids is 1. The first kappa shape index (κ1) is 24.7. The highest BCUT2D eigenvalue weighted by Crippen LogP contribution is 2.26. The molecule has 0 aromatic heterocycles. The van der Waals surface area contributed by atoms with Crippen LogP contribution >= 0.6 is 0 Å². The third-order valence-electron chi connectivity index (χ3n) is 5.40. The molecule has 7 nitrogen and oxygen atoms in total. The summed E-state index contributed by atoms with van der Waals surface area (Å²) in [7, 11) is 0. The maximum Gasteiger partial charge on any atom is 0.337 e. The molecule has 0 aliphatic rings. The van der Waals surface area contributed by atoms with Gasteiger partial charge in [-0.25, -0.2) is 14.0 Å². The van der Waals surface area contributed by atoms with Gasteiger partial charge < -0.3 is 21.1 Å². The van der Waals surface area contributed by atoms with E-state index in [-0.39, 0.29) is 29.3 Å². The van der Waals surface area contributed by atoms with Crippen molar-refractivity contribution in [2.75, 3.05) is 17.2 Å². The summed E-state index contributed by atoms with van der Waals surface area (Å²) in [6, 6.07) is 14.2. The van der Waals surface area contributed by atoms with E-state index in [0.29, 0.717) is 23.7 Å². The lowest BCUT2D eigenvalue weighted by Crippen LogP contribution is -2.29. The van der Waals surface area contributed by atoms with Crippen LogP contribution in [0.1, 0.15) is 48.5 Å². The van der Waals surface area contributed by atoms with E-state index in [1.165, 1.54) is 18.2 Å². The van der Waals surface area contributed by atoms with Gasteiger partial charge in [0.2, 0.25) is 5.91 Å². The van der Waals surface area contributed by atoms with Crippen molar-refractivity contribution in [1.82, 2.24) is 5.32 Å². The van der Waals surface area contributed by atoms with Crippen molar-refractivity contribution in [2.45, 2.75) is 39.0 Å². The molecule has 3 amide bonds. The van der Waals surface area contributed by atoms with Crippen LogP contribution in [0, 0.1) is 5.82 Å². The normalized spacial score (nSPS) is 10.6. The smallest absolute Gasteiger partial charge is 0.337 e. The van der Waals surface area contributed by atoms with Crippen molar-refractivity contribution in [3.63, 3.8) is 0 Å². The molecule has 178 valence electrons. The molecule has 0 aliphatic carbocycles. The predicted molar refractivity (Wildman–Crippen MR) is 131 cm³/mol. The molecule has 0 atom stereocenters. The number of hydrogen-bond acceptors (Lipinski definition) is 3.